The molecule has 2 aliphatic rings. The van der Waals surface area contributed by atoms with Gasteiger partial charge in [0.2, 0.25) is 0 Å². The Labute approximate surface area is 139 Å². The summed E-state index contributed by atoms with van der Waals surface area (Å²) in [5.41, 5.74) is 1.32. The number of carbonyl (C=O) groups excluding carboxylic acids is 1. The number of hydrogen-bond donors (Lipinski definition) is 0. The minimum absolute atomic E-state index is 0.131. The van der Waals surface area contributed by atoms with Crippen molar-refractivity contribution in [2.45, 2.75) is 70.1 Å². The van der Waals surface area contributed by atoms with Crippen LogP contribution in [0, 0.1) is 23.6 Å². The molecule has 1 aromatic carbocycles. The van der Waals surface area contributed by atoms with Crippen LogP contribution in [-0.4, -0.2) is 6.29 Å². The predicted molar refractivity (Wildman–Crippen MR) is 91.8 cm³/mol. The van der Waals surface area contributed by atoms with Crippen molar-refractivity contribution in [1.29, 1.82) is 0 Å². The van der Waals surface area contributed by atoms with Gasteiger partial charge in [0, 0.05) is 6.42 Å². The molecule has 0 radical (unpaired) electrons. The topological polar surface area (TPSA) is 17.1 Å². The van der Waals surface area contributed by atoms with Crippen LogP contribution in [0.3, 0.4) is 0 Å². The van der Waals surface area contributed by atoms with Crippen LogP contribution in [0.15, 0.2) is 24.3 Å². The first kappa shape index (κ1) is 16.7. The zero-order valence-electron chi connectivity index (χ0n) is 14.1. The summed E-state index contributed by atoms with van der Waals surface area (Å²) in [4.78, 5) is 10.5. The maximum Gasteiger partial charge on any atom is 0.123 e. The third-order valence-electron chi connectivity index (χ3n) is 6.36. The summed E-state index contributed by atoms with van der Waals surface area (Å²) in [7, 11) is 0. The van der Waals surface area contributed by atoms with E-state index in [1.165, 1.54) is 56.9 Å². The van der Waals surface area contributed by atoms with Crippen molar-refractivity contribution in [2.75, 3.05) is 0 Å². The van der Waals surface area contributed by atoms with Crippen molar-refractivity contribution in [3.63, 3.8) is 0 Å². The Morgan fingerprint density at radius 2 is 1.43 bits per heavy atom. The van der Waals surface area contributed by atoms with Crippen molar-refractivity contribution >= 4 is 6.29 Å². The lowest BCUT2D eigenvalue weighted by atomic mass is 9.68. The fraction of sp³-hybridized carbons (Fsp3) is 0.667. The third-order valence-corrected chi connectivity index (χ3v) is 6.36. The van der Waals surface area contributed by atoms with E-state index in [-0.39, 0.29) is 5.82 Å². The first-order valence-corrected chi connectivity index (χ1v) is 9.45. The second kappa shape index (κ2) is 8.08. The Balaban J connectivity index is 1.44. The Morgan fingerprint density at radius 3 is 2.00 bits per heavy atom. The van der Waals surface area contributed by atoms with Crippen LogP contribution in [0.25, 0.3) is 0 Å². The predicted octanol–water partition coefficient (Wildman–Crippen LogP) is 5.89. The van der Waals surface area contributed by atoms with Gasteiger partial charge in [-0.25, -0.2) is 4.39 Å². The fourth-order valence-corrected chi connectivity index (χ4v) is 4.91. The number of rotatable bonds is 5. The van der Waals surface area contributed by atoms with Gasteiger partial charge in [0.1, 0.15) is 12.1 Å². The number of carbonyl (C=O) groups is 1. The van der Waals surface area contributed by atoms with Crippen LogP contribution in [-0.2, 0) is 4.79 Å². The van der Waals surface area contributed by atoms with E-state index in [9.17, 15) is 9.18 Å². The molecule has 0 unspecified atom stereocenters. The number of benzene rings is 1. The Bertz CT molecular complexity index is 479. The standard InChI is InChI=1S/C21H29FO/c22-21-13-11-20(12-14-21)19-9-7-18(8-10-19)17-5-3-16(4-6-17)2-1-15-23/h11-19H,1-10H2. The highest BCUT2D eigenvalue weighted by atomic mass is 19.1. The molecule has 0 atom stereocenters. The summed E-state index contributed by atoms with van der Waals surface area (Å²) < 4.78 is 13.0. The van der Waals surface area contributed by atoms with E-state index in [2.05, 4.69) is 0 Å². The molecule has 0 amide bonds. The molecule has 2 saturated carbocycles. The molecule has 0 heterocycles. The van der Waals surface area contributed by atoms with Crippen LogP contribution in [0.1, 0.15) is 75.7 Å². The van der Waals surface area contributed by atoms with Gasteiger partial charge in [0.05, 0.1) is 0 Å². The lowest BCUT2D eigenvalue weighted by Crippen LogP contribution is -2.25. The van der Waals surface area contributed by atoms with Gasteiger partial charge in [0.15, 0.2) is 0 Å². The van der Waals surface area contributed by atoms with E-state index < -0.39 is 0 Å². The smallest absolute Gasteiger partial charge is 0.123 e. The van der Waals surface area contributed by atoms with Crippen molar-refractivity contribution in [2.24, 2.45) is 17.8 Å². The lowest BCUT2D eigenvalue weighted by Gasteiger charge is -2.38. The average molecular weight is 316 g/mol. The highest BCUT2D eigenvalue weighted by Gasteiger charge is 2.31. The number of halogens is 1. The average Bonchev–Trinajstić information content (AvgIpc) is 2.61. The molecule has 23 heavy (non-hydrogen) atoms. The molecule has 0 saturated heterocycles. The van der Waals surface area contributed by atoms with Gasteiger partial charge in [-0.3, -0.25) is 0 Å². The molecular formula is C21H29FO. The largest absolute Gasteiger partial charge is 0.303 e. The minimum atomic E-state index is -0.131. The van der Waals surface area contributed by atoms with Crippen LogP contribution in [0.2, 0.25) is 0 Å². The normalized spacial score (nSPS) is 31.7. The molecule has 3 rings (SSSR count). The fourth-order valence-electron chi connectivity index (χ4n) is 4.91. The van der Waals surface area contributed by atoms with Gasteiger partial charge in [-0.05, 0) is 86.3 Å². The quantitative estimate of drug-likeness (QED) is 0.619. The van der Waals surface area contributed by atoms with Crippen molar-refractivity contribution in [3.8, 4) is 0 Å². The molecule has 2 heteroatoms. The van der Waals surface area contributed by atoms with Gasteiger partial charge in [-0.1, -0.05) is 25.0 Å². The van der Waals surface area contributed by atoms with Crippen molar-refractivity contribution in [1.82, 2.24) is 0 Å². The summed E-state index contributed by atoms with van der Waals surface area (Å²) in [5, 5.41) is 0. The zero-order chi connectivity index (χ0) is 16.1. The van der Waals surface area contributed by atoms with Crippen LogP contribution < -0.4 is 0 Å². The first-order chi connectivity index (χ1) is 11.3. The highest BCUT2D eigenvalue weighted by Crippen LogP contribution is 2.44. The Hall–Kier alpha value is -1.18. The molecule has 0 spiro atoms. The van der Waals surface area contributed by atoms with Crippen LogP contribution in [0.4, 0.5) is 4.39 Å². The molecule has 0 N–H and O–H groups in total. The maximum atomic E-state index is 13.0. The van der Waals surface area contributed by atoms with E-state index in [0.717, 1.165) is 36.9 Å². The molecule has 2 aliphatic carbocycles. The summed E-state index contributed by atoms with van der Waals surface area (Å²) in [6.45, 7) is 0. The summed E-state index contributed by atoms with van der Waals surface area (Å²) in [5.74, 6) is 3.12. The van der Waals surface area contributed by atoms with Gasteiger partial charge < -0.3 is 4.79 Å². The molecule has 2 fully saturated rings. The van der Waals surface area contributed by atoms with Crippen LogP contribution in [0.5, 0.6) is 0 Å². The zero-order valence-corrected chi connectivity index (χ0v) is 14.1. The van der Waals surface area contributed by atoms with Crippen molar-refractivity contribution < 1.29 is 9.18 Å². The van der Waals surface area contributed by atoms with Gasteiger partial charge in [-0.2, -0.15) is 0 Å². The molecule has 1 aromatic rings. The molecule has 126 valence electrons. The molecule has 0 aromatic heterocycles. The summed E-state index contributed by atoms with van der Waals surface area (Å²) in [6, 6.07) is 7.14. The van der Waals surface area contributed by atoms with E-state index in [1.807, 2.05) is 12.1 Å². The van der Waals surface area contributed by atoms with E-state index in [1.54, 1.807) is 12.1 Å². The SMILES string of the molecule is O=CCCC1CCC(C2CCC(c3ccc(F)cc3)CC2)CC1. The van der Waals surface area contributed by atoms with Gasteiger partial charge in [-0.15, -0.1) is 0 Å². The second-order valence-corrected chi connectivity index (χ2v) is 7.69. The molecular weight excluding hydrogens is 287 g/mol. The number of hydrogen-bond acceptors (Lipinski definition) is 1. The van der Waals surface area contributed by atoms with Crippen LogP contribution >= 0.6 is 0 Å². The highest BCUT2D eigenvalue weighted by molar-refractivity contribution is 5.49. The molecule has 0 bridgehead atoms. The first-order valence-electron chi connectivity index (χ1n) is 9.45. The summed E-state index contributed by atoms with van der Waals surface area (Å²) >= 11 is 0. The van der Waals surface area contributed by atoms with Gasteiger partial charge in [0.25, 0.3) is 0 Å². The lowest BCUT2D eigenvalue weighted by molar-refractivity contribution is -0.108. The van der Waals surface area contributed by atoms with Gasteiger partial charge >= 0.3 is 0 Å². The van der Waals surface area contributed by atoms with E-state index >= 15 is 0 Å². The Morgan fingerprint density at radius 1 is 0.870 bits per heavy atom. The maximum absolute atomic E-state index is 13.0. The van der Waals surface area contributed by atoms with E-state index in [0.29, 0.717) is 5.92 Å². The monoisotopic (exact) mass is 316 g/mol. The number of aldehydes is 1. The van der Waals surface area contributed by atoms with E-state index in [4.69, 9.17) is 0 Å². The minimum Gasteiger partial charge on any atom is -0.303 e. The third kappa shape index (κ3) is 4.43. The Kier molecular flexibility index (Phi) is 5.85. The molecule has 1 nitrogen and oxygen atoms in total. The molecule has 0 aliphatic heterocycles. The second-order valence-electron chi connectivity index (χ2n) is 7.69. The van der Waals surface area contributed by atoms with Crippen molar-refractivity contribution in [3.05, 3.63) is 35.6 Å². The summed E-state index contributed by atoms with van der Waals surface area (Å²) in [6.07, 6.45) is 13.5.